The maximum absolute atomic E-state index is 12.6. The monoisotopic (exact) mass is 422 g/mol. The molecular formula is C21H18N4O4S. The van der Waals surface area contributed by atoms with Gasteiger partial charge in [-0.25, -0.2) is 18.1 Å². The van der Waals surface area contributed by atoms with Crippen molar-refractivity contribution in [2.24, 2.45) is 0 Å². The highest BCUT2D eigenvalue weighted by Gasteiger charge is 2.22. The van der Waals surface area contributed by atoms with Gasteiger partial charge in [-0.15, -0.1) is 0 Å². The zero-order valence-electron chi connectivity index (χ0n) is 15.8. The van der Waals surface area contributed by atoms with Crippen LogP contribution in [0.15, 0.2) is 88.8 Å². The molecule has 0 aliphatic heterocycles. The summed E-state index contributed by atoms with van der Waals surface area (Å²) in [5.41, 5.74) is 1.09. The molecule has 1 aromatic carbocycles. The van der Waals surface area contributed by atoms with Crippen LogP contribution in [0.4, 0.5) is 0 Å². The predicted octanol–water partition coefficient (Wildman–Crippen LogP) is 2.76. The van der Waals surface area contributed by atoms with Crippen LogP contribution in [0.25, 0.3) is 5.82 Å². The summed E-state index contributed by atoms with van der Waals surface area (Å²) in [4.78, 5) is 17.0. The number of carbonyl (C=O) groups is 1. The van der Waals surface area contributed by atoms with Crippen LogP contribution in [-0.4, -0.2) is 29.1 Å². The van der Waals surface area contributed by atoms with Gasteiger partial charge in [0.2, 0.25) is 0 Å². The normalized spacial score (nSPS) is 11.3. The molecule has 0 saturated heterocycles. The minimum atomic E-state index is -3.59. The molecule has 9 heteroatoms. The van der Waals surface area contributed by atoms with Crippen LogP contribution in [0.3, 0.4) is 0 Å². The van der Waals surface area contributed by atoms with Gasteiger partial charge in [0.1, 0.15) is 0 Å². The van der Waals surface area contributed by atoms with E-state index >= 15 is 0 Å². The number of nitrogens with zero attached hydrogens (tertiary/aromatic N) is 3. The molecule has 152 valence electrons. The Morgan fingerprint density at radius 2 is 1.90 bits per heavy atom. The number of sulfone groups is 1. The molecule has 0 atom stereocenters. The summed E-state index contributed by atoms with van der Waals surface area (Å²) in [5, 5.41) is 6.84. The van der Waals surface area contributed by atoms with Gasteiger partial charge in [-0.3, -0.25) is 4.79 Å². The molecule has 0 fully saturated rings. The lowest BCUT2D eigenvalue weighted by molar-refractivity contribution is 0.0922. The number of carbonyl (C=O) groups excluding carboxylic acids is 1. The average Bonchev–Trinajstić information content (AvgIpc) is 3.45. The number of amides is 1. The van der Waals surface area contributed by atoms with Gasteiger partial charge in [0, 0.05) is 30.7 Å². The average molecular weight is 422 g/mol. The zero-order valence-corrected chi connectivity index (χ0v) is 16.6. The number of hydrogen-bond donors (Lipinski definition) is 1. The number of rotatable bonds is 7. The van der Waals surface area contributed by atoms with E-state index in [1.54, 1.807) is 53.6 Å². The Hall–Kier alpha value is -3.72. The second-order valence-corrected chi connectivity index (χ2v) is 8.49. The van der Waals surface area contributed by atoms with Crippen molar-refractivity contribution in [2.75, 3.05) is 0 Å². The highest BCUT2D eigenvalue weighted by Crippen LogP contribution is 2.20. The predicted molar refractivity (Wildman–Crippen MR) is 109 cm³/mol. The SMILES string of the molecule is O=C(NCc1ccc(-n2cccn2)nc1)c1occc1CS(=O)(=O)c1ccccc1. The molecule has 0 unspecified atom stereocenters. The smallest absolute Gasteiger partial charge is 0.287 e. The Bertz CT molecular complexity index is 1230. The molecule has 30 heavy (non-hydrogen) atoms. The Labute approximate surface area is 173 Å². The van der Waals surface area contributed by atoms with Gasteiger partial charge in [0.15, 0.2) is 21.4 Å². The van der Waals surface area contributed by atoms with Gasteiger partial charge in [-0.1, -0.05) is 24.3 Å². The quantitative estimate of drug-likeness (QED) is 0.491. The molecule has 1 N–H and O–H groups in total. The summed E-state index contributed by atoms with van der Waals surface area (Å²) in [6.07, 6.45) is 6.39. The third-order valence-corrected chi connectivity index (χ3v) is 6.08. The number of hydrogen-bond acceptors (Lipinski definition) is 6. The van der Waals surface area contributed by atoms with Gasteiger partial charge in [-0.05, 0) is 35.9 Å². The number of aromatic nitrogens is 3. The van der Waals surface area contributed by atoms with Crippen molar-refractivity contribution in [3.8, 4) is 5.82 Å². The number of nitrogens with one attached hydrogen (secondary N) is 1. The lowest BCUT2D eigenvalue weighted by atomic mass is 10.2. The van der Waals surface area contributed by atoms with E-state index in [4.69, 9.17) is 4.42 Å². The van der Waals surface area contributed by atoms with Crippen molar-refractivity contribution in [3.63, 3.8) is 0 Å². The molecule has 1 amide bonds. The highest BCUT2D eigenvalue weighted by atomic mass is 32.2. The summed E-state index contributed by atoms with van der Waals surface area (Å²) in [6.45, 7) is 0.219. The zero-order chi connectivity index (χ0) is 21.0. The second-order valence-electron chi connectivity index (χ2n) is 6.51. The van der Waals surface area contributed by atoms with Crippen molar-refractivity contribution in [1.29, 1.82) is 0 Å². The molecule has 4 aromatic rings. The first-order valence-electron chi connectivity index (χ1n) is 9.10. The van der Waals surface area contributed by atoms with Crippen molar-refractivity contribution in [3.05, 3.63) is 96.3 Å². The summed E-state index contributed by atoms with van der Waals surface area (Å²) < 4.78 is 32.1. The van der Waals surface area contributed by atoms with E-state index in [1.165, 1.54) is 24.5 Å². The van der Waals surface area contributed by atoms with E-state index in [9.17, 15) is 13.2 Å². The number of pyridine rings is 1. The topological polar surface area (TPSA) is 107 Å². The maximum atomic E-state index is 12.6. The molecular weight excluding hydrogens is 404 g/mol. The third kappa shape index (κ3) is 4.31. The van der Waals surface area contributed by atoms with E-state index in [0.29, 0.717) is 11.4 Å². The Balaban J connectivity index is 1.42. The van der Waals surface area contributed by atoms with E-state index in [2.05, 4.69) is 15.4 Å². The van der Waals surface area contributed by atoms with E-state index in [0.717, 1.165) is 5.56 Å². The standard InChI is InChI=1S/C21H18N4O4S/c26-21(23-14-16-7-8-19(22-13-16)25-11-4-10-24-25)20-17(9-12-29-20)15-30(27,28)18-5-2-1-3-6-18/h1-13H,14-15H2,(H,23,26). The molecule has 3 aromatic heterocycles. The fourth-order valence-electron chi connectivity index (χ4n) is 2.89. The number of furan rings is 1. The molecule has 0 aliphatic rings. The van der Waals surface area contributed by atoms with Crippen LogP contribution >= 0.6 is 0 Å². The van der Waals surface area contributed by atoms with Crippen molar-refractivity contribution in [2.45, 2.75) is 17.2 Å². The van der Waals surface area contributed by atoms with Crippen LogP contribution < -0.4 is 5.32 Å². The minimum absolute atomic E-state index is 0.0179. The van der Waals surface area contributed by atoms with E-state index in [-0.39, 0.29) is 23.0 Å². The van der Waals surface area contributed by atoms with E-state index in [1.807, 2.05) is 6.07 Å². The van der Waals surface area contributed by atoms with Crippen molar-refractivity contribution >= 4 is 15.7 Å². The molecule has 0 saturated carbocycles. The molecule has 3 heterocycles. The fourth-order valence-corrected chi connectivity index (χ4v) is 4.26. The van der Waals surface area contributed by atoms with Gasteiger partial charge < -0.3 is 9.73 Å². The first-order valence-corrected chi connectivity index (χ1v) is 10.8. The first kappa shape index (κ1) is 19.6. The summed E-state index contributed by atoms with van der Waals surface area (Å²) in [5.74, 6) is -0.171. The number of benzene rings is 1. The van der Waals surface area contributed by atoms with Crippen molar-refractivity contribution in [1.82, 2.24) is 20.1 Å². The fraction of sp³-hybridized carbons (Fsp3) is 0.0952. The molecule has 0 spiro atoms. The summed E-state index contributed by atoms with van der Waals surface area (Å²) >= 11 is 0. The largest absolute Gasteiger partial charge is 0.459 e. The Morgan fingerprint density at radius 1 is 1.07 bits per heavy atom. The lowest BCUT2D eigenvalue weighted by Gasteiger charge is -2.07. The highest BCUT2D eigenvalue weighted by molar-refractivity contribution is 7.90. The van der Waals surface area contributed by atoms with Crippen molar-refractivity contribution < 1.29 is 17.6 Å². The lowest BCUT2D eigenvalue weighted by Crippen LogP contribution is -2.24. The summed E-state index contributed by atoms with van der Waals surface area (Å²) in [6, 6.07) is 15.0. The molecule has 4 rings (SSSR count). The third-order valence-electron chi connectivity index (χ3n) is 4.40. The van der Waals surface area contributed by atoms with Crippen LogP contribution in [0.2, 0.25) is 0 Å². The maximum Gasteiger partial charge on any atom is 0.287 e. The van der Waals surface area contributed by atoms with Gasteiger partial charge in [0.05, 0.1) is 16.9 Å². The van der Waals surface area contributed by atoms with Crippen LogP contribution in [0, 0.1) is 0 Å². The second kappa shape index (κ2) is 8.34. The minimum Gasteiger partial charge on any atom is -0.459 e. The first-order chi connectivity index (χ1) is 14.5. The molecule has 0 aliphatic carbocycles. The molecule has 0 bridgehead atoms. The van der Waals surface area contributed by atoms with E-state index < -0.39 is 15.7 Å². The van der Waals surface area contributed by atoms with Crippen LogP contribution in [-0.2, 0) is 22.1 Å². The van der Waals surface area contributed by atoms with Crippen LogP contribution in [0.5, 0.6) is 0 Å². The van der Waals surface area contributed by atoms with Crippen LogP contribution in [0.1, 0.15) is 21.7 Å². The molecule has 8 nitrogen and oxygen atoms in total. The summed E-state index contributed by atoms with van der Waals surface area (Å²) in [7, 11) is -3.59. The Morgan fingerprint density at radius 3 is 2.60 bits per heavy atom. The Kier molecular flexibility index (Phi) is 5.44. The van der Waals surface area contributed by atoms with Gasteiger partial charge in [-0.2, -0.15) is 5.10 Å². The molecule has 0 radical (unpaired) electrons. The van der Waals surface area contributed by atoms with Gasteiger partial charge >= 0.3 is 0 Å². The van der Waals surface area contributed by atoms with Gasteiger partial charge in [0.25, 0.3) is 5.91 Å².